The number of benzene rings is 1. The van der Waals surface area contributed by atoms with E-state index in [1.165, 1.54) is 11.8 Å². The van der Waals surface area contributed by atoms with Crippen LogP contribution in [0.5, 0.6) is 11.5 Å². The number of nitrogens with one attached hydrogen (secondary N) is 1. The van der Waals surface area contributed by atoms with Crippen LogP contribution in [0.1, 0.15) is 30.5 Å². The first kappa shape index (κ1) is 21.6. The van der Waals surface area contributed by atoms with E-state index < -0.39 is 0 Å². The molecule has 2 aromatic rings. The van der Waals surface area contributed by atoms with Gasteiger partial charge in [-0.1, -0.05) is 6.07 Å². The van der Waals surface area contributed by atoms with Gasteiger partial charge in [-0.05, 0) is 42.3 Å². The largest absolute Gasteiger partial charge is 0.493 e. The number of carbonyl (C=O) groups excluding carboxylic acids is 2. The standard InChI is InChI=1S/C20H25N3O4S/c1-14(23-20(25)7-10-28-13-19(21)24)16-3-4-17(18(11-16)26-2)27-12-15-5-8-22-9-6-15/h3-6,8-9,11,14H,7,10,12-13H2,1-2H3,(H2,21,24)(H,23,25). The molecule has 0 aliphatic heterocycles. The van der Waals surface area contributed by atoms with E-state index in [-0.39, 0.29) is 23.6 Å². The predicted molar refractivity (Wildman–Crippen MR) is 109 cm³/mol. The van der Waals surface area contributed by atoms with Crippen molar-refractivity contribution in [2.75, 3.05) is 18.6 Å². The predicted octanol–water partition coefficient (Wildman–Crippen LogP) is 2.46. The Morgan fingerprint density at radius 1 is 1.21 bits per heavy atom. The first-order valence-electron chi connectivity index (χ1n) is 8.84. The summed E-state index contributed by atoms with van der Waals surface area (Å²) in [6.45, 7) is 2.31. The third kappa shape index (κ3) is 7.11. The van der Waals surface area contributed by atoms with Crippen molar-refractivity contribution in [1.29, 1.82) is 0 Å². The molecule has 150 valence electrons. The van der Waals surface area contributed by atoms with Crippen LogP contribution >= 0.6 is 11.8 Å². The summed E-state index contributed by atoms with van der Waals surface area (Å²) in [5.74, 6) is 1.54. The van der Waals surface area contributed by atoms with Crippen LogP contribution < -0.4 is 20.5 Å². The van der Waals surface area contributed by atoms with Crippen molar-refractivity contribution in [2.45, 2.75) is 26.0 Å². The van der Waals surface area contributed by atoms with Gasteiger partial charge in [0, 0.05) is 24.6 Å². The summed E-state index contributed by atoms with van der Waals surface area (Å²) in [5.41, 5.74) is 6.99. The number of carbonyl (C=O) groups is 2. The SMILES string of the molecule is COc1cc(C(C)NC(=O)CCSCC(N)=O)ccc1OCc1ccncc1. The van der Waals surface area contributed by atoms with Gasteiger partial charge in [0.1, 0.15) is 6.61 Å². The highest BCUT2D eigenvalue weighted by Crippen LogP contribution is 2.31. The van der Waals surface area contributed by atoms with Gasteiger partial charge in [0.05, 0.1) is 18.9 Å². The minimum Gasteiger partial charge on any atom is -0.493 e. The van der Waals surface area contributed by atoms with Gasteiger partial charge in [0.2, 0.25) is 11.8 Å². The average Bonchev–Trinajstić information content (AvgIpc) is 2.70. The van der Waals surface area contributed by atoms with E-state index in [9.17, 15) is 9.59 Å². The number of nitrogens with two attached hydrogens (primary N) is 1. The molecular formula is C20H25N3O4S. The molecule has 0 bridgehead atoms. The number of pyridine rings is 1. The average molecular weight is 404 g/mol. The maximum atomic E-state index is 12.1. The van der Waals surface area contributed by atoms with Crippen molar-refractivity contribution in [1.82, 2.24) is 10.3 Å². The van der Waals surface area contributed by atoms with Crippen molar-refractivity contribution in [3.05, 3.63) is 53.9 Å². The topological polar surface area (TPSA) is 104 Å². The van der Waals surface area contributed by atoms with Crippen LogP contribution in [0.2, 0.25) is 0 Å². The maximum Gasteiger partial charge on any atom is 0.227 e. The van der Waals surface area contributed by atoms with Crippen LogP contribution in [0, 0.1) is 0 Å². The highest BCUT2D eigenvalue weighted by molar-refractivity contribution is 7.99. The summed E-state index contributed by atoms with van der Waals surface area (Å²) >= 11 is 1.35. The Labute approximate surface area is 169 Å². The molecule has 0 saturated carbocycles. The normalized spacial score (nSPS) is 11.5. The molecule has 0 spiro atoms. The lowest BCUT2D eigenvalue weighted by atomic mass is 10.1. The molecule has 2 amide bonds. The van der Waals surface area contributed by atoms with Crippen LogP contribution in [-0.4, -0.2) is 35.4 Å². The third-order valence-corrected chi connectivity index (χ3v) is 4.91. The molecule has 3 N–H and O–H groups in total. The molecule has 1 atom stereocenters. The second-order valence-corrected chi connectivity index (χ2v) is 7.22. The molecule has 1 unspecified atom stereocenters. The smallest absolute Gasteiger partial charge is 0.227 e. The molecule has 8 heteroatoms. The number of hydrogen-bond donors (Lipinski definition) is 2. The number of aromatic nitrogens is 1. The van der Waals surface area contributed by atoms with Crippen LogP contribution in [0.15, 0.2) is 42.7 Å². The lowest BCUT2D eigenvalue weighted by Crippen LogP contribution is -2.27. The van der Waals surface area contributed by atoms with Crippen molar-refractivity contribution in [3.8, 4) is 11.5 Å². The van der Waals surface area contributed by atoms with Crippen LogP contribution in [-0.2, 0) is 16.2 Å². The summed E-state index contributed by atoms with van der Waals surface area (Å²) in [6, 6.07) is 9.18. The minimum absolute atomic E-state index is 0.0820. The Balaban J connectivity index is 1.90. The second kappa shape index (κ2) is 11.2. The molecule has 1 heterocycles. The van der Waals surface area contributed by atoms with Crippen molar-refractivity contribution >= 4 is 23.6 Å². The van der Waals surface area contributed by atoms with Crippen LogP contribution in [0.4, 0.5) is 0 Å². The molecule has 0 radical (unpaired) electrons. The number of thioether (sulfide) groups is 1. The van der Waals surface area contributed by atoms with Gasteiger partial charge in [-0.2, -0.15) is 11.8 Å². The first-order valence-corrected chi connectivity index (χ1v) is 10.00. The van der Waals surface area contributed by atoms with E-state index in [4.69, 9.17) is 15.2 Å². The lowest BCUT2D eigenvalue weighted by molar-refractivity contribution is -0.121. The van der Waals surface area contributed by atoms with Gasteiger partial charge in [-0.3, -0.25) is 14.6 Å². The first-order chi connectivity index (χ1) is 13.5. The summed E-state index contributed by atoms with van der Waals surface area (Å²) in [5, 5.41) is 2.94. The fourth-order valence-electron chi connectivity index (χ4n) is 2.45. The Hall–Kier alpha value is -2.74. The fourth-order valence-corrected chi connectivity index (χ4v) is 3.12. The molecule has 28 heavy (non-hydrogen) atoms. The van der Waals surface area contributed by atoms with Crippen LogP contribution in [0.25, 0.3) is 0 Å². The number of ether oxygens (including phenoxy) is 2. The van der Waals surface area contributed by atoms with Gasteiger partial charge < -0.3 is 20.5 Å². The summed E-state index contributed by atoms with van der Waals surface area (Å²) in [7, 11) is 1.58. The van der Waals surface area contributed by atoms with E-state index in [1.807, 2.05) is 37.3 Å². The van der Waals surface area contributed by atoms with E-state index in [0.29, 0.717) is 30.3 Å². The number of hydrogen-bond acceptors (Lipinski definition) is 6. The molecule has 1 aromatic carbocycles. The second-order valence-electron chi connectivity index (χ2n) is 6.11. The van der Waals surface area contributed by atoms with Crippen molar-refractivity contribution in [2.24, 2.45) is 5.73 Å². The Bertz CT molecular complexity index is 786. The summed E-state index contributed by atoms with van der Waals surface area (Å²) in [6.07, 6.45) is 3.76. The molecule has 7 nitrogen and oxygen atoms in total. The van der Waals surface area contributed by atoms with Crippen LogP contribution in [0.3, 0.4) is 0 Å². The van der Waals surface area contributed by atoms with Gasteiger partial charge in [0.15, 0.2) is 11.5 Å². The monoisotopic (exact) mass is 403 g/mol. The molecule has 2 rings (SSSR count). The van der Waals surface area contributed by atoms with Crippen molar-refractivity contribution in [3.63, 3.8) is 0 Å². The van der Waals surface area contributed by atoms with Gasteiger partial charge in [-0.15, -0.1) is 0 Å². The van der Waals surface area contributed by atoms with Gasteiger partial charge in [0.25, 0.3) is 0 Å². The number of rotatable bonds is 11. The summed E-state index contributed by atoms with van der Waals surface area (Å²) < 4.78 is 11.3. The number of primary amides is 1. The Morgan fingerprint density at radius 2 is 1.96 bits per heavy atom. The van der Waals surface area contributed by atoms with E-state index >= 15 is 0 Å². The van der Waals surface area contributed by atoms with Gasteiger partial charge in [-0.25, -0.2) is 0 Å². The third-order valence-electron chi connectivity index (χ3n) is 3.93. The van der Waals surface area contributed by atoms with E-state index in [0.717, 1.165) is 11.1 Å². The molecule has 0 fully saturated rings. The maximum absolute atomic E-state index is 12.1. The minimum atomic E-state index is -0.378. The molecule has 0 saturated heterocycles. The van der Waals surface area contributed by atoms with E-state index in [1.54, 1.807) is 19.5 Å². The quantitative estimate of drug-likeness (QED) is 0.559. The molecule has 1 aromatic heterocycles. The van der Waals surface area contributed by atoms with Crippen molar-refractivity contribution < 1.29 is 19.1 Å². The zero-order valence-corrected chi connectivity index (χ0v) is 16.8. The summed E-state index contributed by atoms with van der Waals surface area (Å²) in [4.78, 5) is 26.7. The number of nitrogens with zero attached hydrogens (tertiary/aromatic N) is 1. The molecule has 0 aliphatic carbocycles. The highest BCUT2D eigenvalue weighted by atomic mass is 32.2. The molecular weight excluding hydrogens is 378 g/mol. The zero-order chi connectivity index (χ0) is 20.4. The number of methoxy groups -OCH3 is 1. The molecule has 0 aliphatic rings. The Kier molecular flexibility index (Phi) is 8.61. The fraction of sp³-hybridized carbons (Fsp3) is 0.350. The highest BCUT2D eigenvalue weighted by Gasteiger charge is 2.13. The van der Waals surface area contributed by atoms with Gasteiger partial charge >= 0.3 is 0 Å². The Morgan fingerprint density at radius 3 is 2.64 bits per heavy atom. The van der Waals surface area contributed by atoms with E-state index in [2.05, 4.69) is 10.3 Å². The number of amides is 2. The lowest BCUT2D eigenvalue weighted by Gasteiger charge is -2.17. The zero-order valence-electron chi connectivity index (χ0n) is 16.0.